The number of hydrogen-bond donors (Lipinski definition) is 0. The highest BCUT2D eigenvalue weighted by molar-refractivity contribution is 6.02. The molecule has 2 aromatic carbocycles. The van der Waals surface area contributed by atoms with Gasteiger partial charge in [0.25, 0.3) is 0 Å². The van der Waals surface area contributed by atoms with Gasteiger partial charge in [0, 0.05) is 28.6 Å². The number of aromatic nitrogens is 1. The maximum atomic E-state index is 12.8. The number of hydrogen-bond acceptors (Lipinski definition) is 2. The average Bonchev–Trinajstić information content (AvgIpc) is 3.03. The topological polar surface area (TPSA) is 38.5 Å². The molecule has 126 valence electrons. The molecule has 0 spiro atoms. The minimum absolute atomic E-state index is 0.0310. The van der Waals surface area contributed by atoms with E-state index < -0.39 is 0 Å². The van der Waals surface area contributed by atoms with Crippen LogP contribution in [0.2, 0.25) is 0 Å². The van der Waals surface area contributed by atoms with Crippen LogP contribution in [-0.4, -0.2) is 16.5 Å². The Kier molecular flexibility index (Phi) is 4.20. The lowest BCUT2D eigenvalue weighted by Crippen LogP contribution is -2.06. The highest BCUT2D eigenvalue weighted by atomic mass is 16.1. The van der Waals surface area contributed by atoms with E-state index in [-0.39, 0.29) is 12.2 Å². The van der Waals surface area contributed by atoms with E-state index in [2.05, 4.69) is 0 Å². The molecular formula is C23H17NO2. The van der Waals surface area contributed by atoms with E-state index in [0.717, 1.165) is 28.6 Å². The first-order chi connectivity index (χ1) is 12.8. The predicted molar refractivity (Wildman–Crippen MR) is 103 cm³/mol. The fourth-order valence-corrected chi connectivity index (χ4v) is 3.40. The van der Waals surface area contributed by atoms with Crippen LogP contribution in [0.5, 0.6) is 0 Å². The maximum absolute atomic E-state index is 12.8. The monoisotopic (exact) mass is 339 g/mol. The fraction of sp³-hybridized carbons (Fsp3) is 0.0435. The molecule has 0 aliphatic carbocycles. The summed E-state index contributed by atoms with van der Waals surface area (Å²) in [6.07, 6.45) is 3.02. The van der Waals surface area contributed by atoms with E-state index in [1.54, 1.807) is 0 Å². The van der Waals surface area contributed by atoms with E-state index in [9.17, 15) is 9.59 Å². The van der Waals surface area contributed by atoms with Crippen molar-refractivity contribution in [3.05, 3.63) is 102 Å². The molecule has 0 fully saturated rings. The van der Waals surface area contributed by atoms with Crippen LogP contribution in [0.3, 0.4) is 0 Å². The van der Waals surface area contributed by atoms with E-state index in [4.69, 9.17) is 0 Å². The van der Waals surface area contributed by atoms with Crippen molar-refractivity contribution in [1.29, 1.82) is 0 Å². The summed E-state index contributed by atoms with van der Waals surface area (Å²) in [5.41, 5.74) is 4.71. The zero-order chi connectivity index (χ0) is 17.9. The first-order valence-corrected chi connectivity index (χ1v) is 8.50. The Morgan fingerprint density at radius 1 is 0.846 bits per heavy atom. The summed E-state index contributed by atoms with van der Waals surface area (Å²) in [5, 5.41) is 0. The Balaban J connectivity index is 1.93. The van der Waals surface area contributed by atoms with Crippen molar-refractivity contribution in [1.82, 2.24) is 4.40 Å². The van der Waals surface area contributed by atoms with Gasteiger partial charge >= 0.3 is 0 Å². The summed E-state index contributed by atoms with van der Waals surface area (Å²) < 4.78 is 1.95. The Hall–Kier alpha value is -3.46. The Bertz CT molecular complexity index is 1080. The molecule has 0 aliphatic heterocycles. The van der Waals surface area contributed by atoms with Crippen molar-refractivity contribution in [2.24, 2.45) is 0 Å². The Morgan fingerprint density at radius 3 is 2.19 bits per heavy atom. The third-order valence-electron chi connectivity index (χ3n) is 4.59. The number of carbonyl (C=O) groups excluding carboxylic acids is 2. The van der Waals surface area contributed by atoms with Crippen molar-refractivity contribution in [2.75, 3.05) is 0 Å². The molecule has 4 aromatic rings. The number of aldehydes is 1. The van der Waals surface area contributed by atoms with Gasteiger partial charge in [-0.15, -0.1) is 0 Å². The summed E-state index contributed by atoms with van der Waals surface area (Å²) >= 11 is 0. The number of nitrogens with zero attached hydrogens (tertiary/aromatic N) is 1. The van der Waals surface area contributed by atoms with Gasteiger partial charge in [-0.3, -0.25) is 9.59 Å². The van der Waals surface area contributed by atoms with Gasteiger partial charge in [-0.05, 0) is 17.7 Å². The van der Waals surface area contributed by atoms with E-state index in [1.165, 1.54) is 0 Å². The predicted octanol–water partition coefficient (Wildman–Crippen LogP) is 4.84. The molecular weight excluding hydrogens is 322 g/mol. The van der Waals surface area contributed by atoms with Gasteiger partial charge in [-0.25, -0.2) is 0 Å². The van der Waals surface area contributed by atoms with Crippen molar-refractivity contribution < 1.29 is 9.59 Å². The highest BCUT2D eigenvalue weighted by Gasteiger charge is 2.21. The second-order valence-corrected chi connectivity index (χ2v) is 6.14. The Labute approximate surface area is 151 Å². The molecule has 3 nitrogen and oxygen atoms in total. The van der Waals surface area contributed by atoms with Gasteiger partial charge in [-0.1, -0.05) is 66.7 Å². The summed E-state index contributed by atoms with van der Waals surface area (Å²) in [6.45, 7) is 0. The van der Waals surface area contributed by atoms with Crippen molar-refractivity contribution >= 4 is 17.6 Å². The molecule has 4 rings (SSSR count). The maximum Gasteiger partial charge on any atom is 0.168 e. The summed E-state index contributed by atoms with van der Waals surface area (Å²) in [4.78, 5) is 24.7. The van der Waals surface area contributed by atoms with Crippen LogP contribution in [0.4, 0.5) is 0 Å². The minimum atomic E-state index is 0.0310. The van der Waals surface area contributed by atoms with Crippen LogP contribution >= 0.6 is 0 Å². The van der Waals surface area contributed by atoms with Gasteiger partial charge in [-0.2, -0.15) is 0 Å². The quantitative estimate of drug-likeness (QED) is 0.385. The fourth-order valence-electron chi connectivity index (χ4n) is 3.40. The summed E-state index contributed by atoms with van der Waals surface area (Å²) in [5.74, 6) is 0.0310. The lowest BCUT2D eigenvalue weighted by molar-refractivity contribution is 0.0991. The molecule has 3 heteroatoms. The van der Waals surface area contributed by atoms with E-state index in [1.807, 2.05) is 89.5 Å². The summed E-state index contributed by atoms with van der Waals surface area (Å²) in [6, 6.07) is 24.7. The molecule has 0 radical (unpaired) electrons. The standard InChI is InChI=1S/C23H17NO2/c25-16-19-20-13-7-8-14-24(20)21(23(19)18-11-5-2-6-12-18)15-22(26)17-9-3-1-4-10-17/h1-14,16H,15H2. The van der Waals surface area contributed by atoms with Gasteiger partial charge < -0.3 is 4.40 Å². The molecule has 26 heavy (non-hydrogen) atoms. The normalized spacial score (nSPS) is 10.8. The average molecular weight is 339 g/mol. The van der Waals surface area contributed by atoms with Crippen LogP contribution in [-0.2, 0) is 6.42 Å². The smallest absolute Gasteiger partial charge is 0.168 e. The largest absolute Gasteiger partial charge is 0.319 e. The first kappa shape index (κ1) is 16.0. The van der Waals surface area contributed by atoms with Crippen LogP contribution < -0.4 is 0 Å². The molecule has 0 atom stereocenters. The SMILES string of the molecule is O=Cc1c(-c2ccccc2)c(CC(=O)c2ccccc2)n2ccccc12. The molecule has 0 unspecified atom stereocenters. The van der Waals surface area contributed by atoms with E-state index >= 15 is 0 Å². The van der Waals surface area contributed by atoms with Crippen LogP contribution in [0.1, 0.15) is 26.4 Å². The van der Waals surface area contributed by atoms with Crippen LogP contribution in [0.15, 0.2) is 85.1 Å². The third-order valence-corrected chi connectivity index (χ3v) is 4.59. The van der Waals surface area contributed by atoms with Gasteiger partial charge in [0.1, 0.15) is 0 Å². The molecule has 0 N–H and O–H groups in total. The van der Waals surface area contributed by atoms with Gasteiger partial charge in [0.15, 0.2) is 12.1 Å². The number of carbonyl (C=O) groups is 2. The van der Waals surface area contributed by atoms with Gasteiger partial charge in [0.05, 0.1) is 11.9 Å². The van der Waals surface area contributed by atoms with E-state index in [0.29, 0.717) is 11.1 Å². The van der Waals surface area contributed by atoms with Crippen LogP contribution in [0.25, 0.3) is 16.6 Å². The van der Waals surface area contributed by atoms with Crippen molar-refractivity contribution in [2.45, 2.75) is 6.42 Å². The number of benzene rings is 2. The second-order valence-electron chi connectivity index (χ2n) is 6.14. The molecule has 0 amide bonds. The highest BCUT2D eigenvalue weighted by Crippen LogP contribution is 2.33. The molecule has 2 aromatic heterocycles. The third kappa shape index (κ3) is 2.74. The van der Waals surface area contributed by atoms with Crippen LogP contribution in [0, 0.1) is 0 Å². The Morgan fingerprint density at radius 2 is 1.50 bits per heavy atom. The molecule has 2 heterocycles. The number of rotatable bonds is 5. The second kappa shape index (κ2) is 6.81. The lowest BCUT2D eigenvalue weighted by Gasteiger charge is -2.07. The number of Topliss-reactive ketones (excluding diaryl/α,β-unsaturated/α-hetero) is 1. The number of pyridine rings is 1. The number of ketones is 1. The molecule has 0 aliphatic rings. The first-order valence-electron chi connectivity index (χ1n) is 8.50. The number of fused-ring (bicyclic) bond motifs is 1. The minimum Gasteiger partial charge on any atom is -0.319 e. The zero-order valence-electron chi connectivity index (χ0n) is 14.1. The van der Waals surface area contributed by atoms with Gasteiger partial charge in [0.2, 0.25) is 0 Å². The molecule has 0 saturated carbocycles. The zero-order valence-corrected chi connectivity index (χ0v) is 14.1. The van der Waals surface area contributed by atoms with Crippen molar-refractivity contribution in [3.63, 3.8) is 0 Å². The molecule has 0 bridgehead atoms. The lowest BCUT2D eigenvalue weighted by atomic mass is 9.97. The molecule has 0 saturated heterocycles. The van der Waals surface area contributed by atoms with Crippen molar-refractivity contribution in [3.8, 4) is 11.1 Å². The summed E-state index contributed by atoms with van der Waals surface area (Å²) in [7, 11) is 0.